The van der Waals surface area contributed by atoms with Crippen molar-refractivity contribution in [3.05, 3.63) is 54.2 Å². The third-order valence-electron chi connectivity index (χ3n) is 6.66. The number of imidazole rings is 1. The number of hydrogen-bond donors (Lipinski definition) is 8. The predicted octanol–water partition coefficient (Wildman–Crippen LogP) is -0.419. The molecular formula is C26H35N7O6. The van der Waals surface area contributed by atoms with E-state index < -0.39 is 54.5 Å². The third-order valence-corrected chi connectivity index (χ3v) is 6.66. The van der Waals surface area contributed by atoms with E-state index in [1.165, 1.54) is 12.5 Å². The lowest BCUT2D eigenvalue weighted by atomic mass is 9.98. The summed E-state index contributed by atoms with van der Waals surface area (Å²) in [4.78, 5) is 60.6. The molecule has 13 nitrogen and oxygen atoms in total. The Bertz CT molecular complexity index is 1270. The quantitative estimate of drug-likeness (QED) is 0.134. The number of aliphatic carboxylic acids is 1. The smallest absolute Gasteiger partial charge is 0.326 e. The Morgan fingerprint density at radius 3 is 2.33 bits per heavy atom. The molecule has 0 radical (unpaired) electrons. The number of nitrogens with two attached hydrogens (primary N) is 1. The first-order chi connectivity index (χ1) is 18.6. The summed E-state index contributed by atoms with van der Waals surface area (Å²) in [5.74, 6) is -3.77. The highest BCUT2D eigenvalue weighted by Gasteiger charge is 2.32. The molecule has 2 aromatic heterocycles. The summed E-state index contributed by atoms with van der Waals surface area (Å²) in [5, 5.41) is 27.8. The van der Waals surface area contributed by atoms with Gasteiger partial charge in [-0.25, -0.2) is 9.78 Å². The van der Waals surface area contributed by atoms with Crippen molar-refractivity contribution in [1.82, 2.24) is 30.9 Å². The van der Waals surface area contributed by atoms with Gasteiger partial charge < -0.3 is 41.9 Å². The van der Waals surface area contributed by atoms with Crippen LogP contribution in [0.4, 0.5) is 0 Å². The molecule has 13 heteroatoms. The van der Waals surface area contributed by atoms with E-state index in [0.717, 1.165) is 10.9 Å². The van der Waals surface area contributed by atoms with Gasteiger partial charge in [-0.15, -0.1) is 0 Å². The fraction of sp³-hybridized carbons (Fsp3) is 0.423. The number of aromatic amines is 2. The molecule has 9 N–H and O–H groups in total. The van der Waals surface area contributed by atoms with Crippen molar-refractivity contribution in [2.75, 3.05) is 6.61 Å². The summed E-state index contributed by atoms with van der Waals surface area (Å²) in [7, 11) is 0. The number of nitrogens with one attached hydrogen (secondary N) is 5. The Balaban J connectivity index is 1.78. The van der Waals surface area contributed by atoms with Crippen LogP contribution in [0.5, 0.6) is 0 Å². The maximum Gasteiger partial charge on any atom is 0.326 e. The van der Waals surface area contributed by atoms with Crippen LogP contribution in [0.15, 0.2) is 43.0 Å². The Hall–Kier alpha value is -4.23. The Labute approximate surface area is 225 Å². The second-order valence-corrected chi connectivity index (χ2v) is 9.47. The van der Waals surface area contributed by atoms with Gasteiger partial charge in [0.2, 0.25) is 17.7 Å². The molecule has 1 aromatic carbocycles. The van der Waals surface area contributed by atoms with Crippen LogP contribution < -0.4 is 21.7 Å². The summed E-state index contributed by atoms with van der Waals surface area (Å²) in [6, 6.07) is 2.61. The second-order valence-electron chi connectivity index (χ2n) is 9.47. The van der Waals surface area contributed by atoms with Gasteiger partial charge in [-0.2, -0.15) is 0 Å². The summed E-state index contributed by atoms with van der Waals surface area (Å²) < 4.78 is 0. The summed E-state index contributed by atoms with van der Waals surface area (Å²) in [6.07, 6.45) is 5.33. The number of para-hydroxylation sites is 1. The van der Waals surface area contributed by atoms with Gasteiger partial charge in [0.15, 0.2) is 0 Å². The number of benzene rings is 1. The molecule has 0 aliphatic heterocycles. The first-order valence-electron chi connectivity index (χ1n) is 12.7. The molecule has 0 saturated heterocycles. The van der Waals surface area contributed by atoms with Gasteiger partial charge in [-0.3, -0.25) is 14.4 Å². The molecule has 2 heterocycles. The average molecular weight is 542 g/mol. The van der Waals surface area contributed by atoms with Crippen molar-refractivity contribution in [2.24, 2.45) is 11.7 Å². The number of carboxylic acid groups (broad SMARTS) is 1. The molecule has 3 rings (SSSR count). The summed E-state index contributed by atoms with van der Waals surface area (Å²) >= 11 is 0. The van der Waals surface area contributed by atoms with Crippen molar-refractivity contribution in [3.63, 3.8) is 0 Å². The number of aromatic nitrogens is 3. The molecule has 210 valence electrons. The van der Waals surface area contributed by atoms with Gasteiger partial charge in [-0.05, 0) is 17.5 Å². The van der Waals surface area contributed by atoms with Gasteiger partial charge in [0.1, 0.15) is 18.1 Å². The summed E-state index contributed by atoms with van der Waals surface area (Å²) in [5.41, 5.74) is 8.09. The third kappa shape index (κ3) is 7.65. The minimum Gasteiger partial charge on any atom is -0.480 e. The van der Waals surface area contributed by atoms with Gasteiger partial charge in [-0.1, -0.05) is 38.5 Å². The van der Waals surface area contributed by atoms with E-state index in [9.17, 15) is 29.4 Å². The largest absolute Gasteiger partial charge is 0.480 e. The van der Waals surface area contributed by atoms with Crippen LogP contribution in [0.1, 0.15) is 31.5 Å². The normalized spacial score (nSPS) is 15.1. The molecular weight excluding hydrogens is 506 g/mol. The number of carbonyl (C=O) groups is 4. The number of aliphatic hydroxyl groups is 1. The van der Waals surface area contributed by atoms with Crippen LogP contribution in [0.25, 0.3) is 10.9 Å². The number of carboxylic acids is 1. The number of rotatable bonds is 14. The van der Waals surface area contributed by atoms with Crippen molar-refractivity contribution >= 4 is 34.6 Å². The van der Waals surface area contributed by atoms with Crippen LogP contribution in [-0.2, 0) is 32.0 Å². The number of hydrogen-bond acceptors (Lipinski definition) is 7. The van der Waals surface area contributed by atoms with E-state index in [2.05, 4.69) is 30.9 Å². The standard InChI is InChI=1S/C26H35N7O6/c1-3-14(2)22(26(38)39)33-24(36)20(8-15-10-29-19-7-5-4-6-17(15)19)31-25(37)21(12-34)32-23(35)18(27)9-16-11-28-13-30-16/h4-7,10-11,13-14,18,20-22,29,34H,3,8-9,12,27H2,1-2H3,(H,28,30)(H,31,37)(H,32,35)(H,33,36)(H,38,39). The molecule has 0 aliphatic rings. The second kappa shape index (κ2) is 13.5. The highest BCUT2D eigenvalue weighted by atomic mass is 16.4. The number of aliphatic hydroxyl groups excluding tert-OH is 1. The summed E-state index contributed by atoms with van der Waals surface area (Å²) in [6.45, 7) is 2.76. The van der Waals surface area contributed by atoms with Crippen molar-refractivity contribution in [1.29, 1.82) is 0 Å². The zero-order chi connectivity index (χ0) is 28.5. The lowest BCUT2D eigenvalue weighted by Gasteiger charge is -2.26. The number of amides is 3. The monoisotopic (exact) mass is 541 g/mol. The molecule has 0 fully saturated rings. The number of nitrogens with zero attached hydrogens (tertiary/aromatic N) is 1. The minimum absolute atomic E-state index is 0.0276. The van der Waals surface area contributed by atoms with E-state index >= 15 is 0 Å². The van der Waals surface area contributed by atoms with Crippen LogP contribution in [0, 0.1) is 5.92 Å². The SMILES string of the molecule is CCC(C)C(NC(=O)C(Cc1c[nH]c2ccccc12)NC(=O)C(CO)NC(=O)C(N)Cc1cnc[nH]1)C(=O)O. The van der Waals surface area contributed by atoms with Crippen molar-refractivity contribution in [3.8, 4) is 0 Å². The van der Waals surface area contributed by atoms with Gasteiger partial charge >= 0.3 is 5.97 Å². The molecule has 0 aliphatic carbocycles. The average Bonchev–Trinajstić information content (AvgIpc) is 3.59. The molecule has 0 spiro atoms. The fourth-order valence-electron chi connectivity index (χ4n) is 4.14. The molecule has 0 bridgehead atoms. The van der Waals surface area contributed by atoms with E-state index in [0.29, 0.717) is 17.7 Å². The van der Waals surface area contributed by atoms with Gasteiger partial charge in [0.05, 0.1) is 19.0 Å². The topological polar surface area (TPSA) is 215 Å². The molecule has 3 amide bonds. The van der Waals surface area contributed by atoms with E-state index in [4.69, 9.17) is 5.73 Å². The van der Waals surface area contributed by atoms with Crippen LogP contribution in [-0.4, -0.2) is 79.6 Å². The van der Waals surface area contributed by atoms with E-state index in [1.807, 2.05) is 31.2 Å². The molecule has 3 aromatic rings. The zero-order valence-corrected chi connectivity index (χ0v) is 21.8. The Morgan fingerprint density at radius 2 is 1.69 bits per heavy atom. The van der Waals surface area contributed by atoms with Crippen LogP contribution in [0.2, 0.25) is 0 Å². The van der Waals surface area contributed by atoms with Crippen molar-refractivity contribution in [2.45, 2.75) is 57.3 Å². The maximum atomic E-state index is 13.3. The van der Waals surface area contributed by atoms with Crippen molar-refractivity contribution < 1.29 is 29.4 Å². The fourth-order valence-corrected chi connectivity index (χ4v) is 4.14. The first kappa shape index (κ1) is 29.3. The molecule has 5 atom stereocenters. The Kier molecular flexibility index (Phi) is 10.2. The predicted molar refractivity (Wildman–Crippen MR) is 142 cm³/mol. The van der Waals surface area contributed by atoms with E-state index in [-0.39, 0.29) is 18.8 Å². The van der Waals surface area contributed by atoms with Gasteiger partial charge in [0.25, 0.3) is 0 Å². The zero-order valence-electron chi connectivity index (χ0n) is 21.8. The molecule has 0 saturated carbocycles. The van der Waals surface area contributed by atoms with Gasteiger partial charge in [0, 0.05) is 41.8 Å². The minimum atomic E-state index is -1.39. The highest BCUT2D eigenvalue weighted by molar-refractivity contribution is 5.95. The molecule has 39 heavy (non-hydrogen) atoms. The highest BCUT2D eigenvalue weighted by Crippen LogP contribution is 2.19. The maximum absolute atomic E-state index is 13.3. The number of H-pyrrole nitrogens is 2. The number of fused-ring (bicyclic) bond motifs is 1. The van der Waals surface area contributed by atoms with Crippen LogP contribution in [0.3, 0.4) is 0 Å². The first-order valence-corrected chi connectivity index (χ1v) is 12.7. The van der Waals surface area contributed by atoms with E-state index in [1.54, 1.807) is 13.1 Å². The Morgan fingerprint density at radius 1 is 1.00 bits per heavy atom. The lowest BCUT2D eigenvalue weighted by Crippen LogP contribution is -2.59. The number of carbonyl (C=O) groups excluding carboxylic acids is 3. The van der Waals surface area contributed by atoms with Crippen LogP contribution >= 0.6 is 0 Å². The lowest BCUT2D eigenvalue weighted by molar-refractivity contribution is -0.143. The molecule has 5 unspecified atom stereocenters.